The Morgan fingerprint density at radius 2 is 1.74 bits per heavy atom. The highest BCUT2D eigenvalue weighted by Crippen LogP contribution is 2.70. The molecule has 3 aromatic rings. The van der Waals surface area contributed by atoms with Gasteiger partial charge in [0, 0.05) is 46.8 Å². The molecule has 3 fully saturated rings. The molecule has 3 saturated carbocycles. The van der Waals surface area contributed by atoms with Crippen molar-refractivity contribution < 1.29 is 48.0 Å². The van der Waals surface area contributed by atoms with Crippen LogP contribution in [0.4, 0.5) is 10.1 Å². The Labute approximate surface area is 336 Å². The van der Waals surface area contributed by atoms with E-state index < -0.39 is 76.2 Å². The quantitative estimate of drug-likeness (QED) is 0.176. The van der Waals surface area contributed by atoms with E-state index in [2.05, 4.69) is 10.3 Å². The van der Waals surface area contributed by atoms with E-state index in [4.69, 9.17) is 15.2 Å². The zero-order valence-corrected chi connectivity index (χ0v) is 32.9. The summed E-state index contributed by atoms with van der Waals surface area (Å²) in [4.78, 5) is 68.3. The highest BCUT2D eigenvalue weighted by atomic mass is 19.1. The number of hydrogen-bond donors (Lipinski definition) is 4. The number of allylic oxidation sites excluding steroid dienone is 4. The molecule has 4 aliphatic rings. The molecule has 2 aromatic carbocycles. The average Bonchev–Trinajstić information content (AvgIpc) is 3.41. The van der Waals surface area contributed by atoms with E-state index in [9.17, 15) is 34.2 Å². The molecule has 306 valence electrons. The summed E-state index contributed by atoms with van der Waals surface area (Å²) in [7, 11) is 0. The van der Waals surface area contributed by atoms with Crippen molar-refractivity contribution >= 4 is 45.9 Å². The van der Waals surface area contributed by atoms with Crippen LogP contribution in [-0.2, 0) is 40.1 Å². The van der Waals surface area contributed by atoms with Crippen LogP contribution in [0.2, 0.25) is 0 Å². The highest BCUT2D eigenvalue weighted by Gasteiger charge is 2.75. The molecule has 0 bridgehead atoms. The lowest BCUT2D eigenvalue weighted by Crippen LogP contribution is -2.69. The first-order valence-electron chi connectivity index (χ1n) is 19.9. The molecular weight excluding hydrogens is 746 g/mol. The number of alkyl halides is 1. The smallest absolute Gasteiger partial charge is 0.306 e. The number of fused-ring (bicyclic) bond motifs is 6. The number of aliphatic hydroxyl groups excluding tert-OH is 1. The first kappa shape index (κ1) is 41.1. The predicted octanol–water partition coefficient (Wildman–Crippen LogP) is 5.20. The Hall–Kier alpha value is -5.11. The summed E-state index contributed by atoms with van der Waals surface area (Å²) in [5.41, 5.74) is 2.05. The van der Waals surface area contributed by atoms with Gasteiger partial charge in [-0.1, -0.05) is 55.8 Å². The maximum atomic E-state index is 17.4. The topological polar surface area (TPSA) is 195 Å². The summed E-state index contributed by atoms with van der Waals surface area (Å²) < 4.78 is 28.0. The second kappa shape index (κ2) is 15.6. The van der Waals surface area contributed by atoms with Crippen molar-refractivity contribution in [3.8, 4) is 0 Å². The monoisotopic (exact) mass is 795 g/mol. The Bertz CT molecular complexity index is 2210. The molecular formula is C45H50FN3O9. The number of nitrogens with one attached hydrogen (secondary N) is 1. The fraction of sp³-hybridized carbons (Fsp3) is 0.467. The molecule has 1 unspecified atom stereocenters. The number of benzene rings is 2. The SMILES string of the molecule is C[C@@H]1C[C@H]2[C@@H]3CCC4=CC(=O)C=C[C@]4(C)[C@@]3(F)[C@@H](O)C[C@]2(C)[C@@]1(O)C(=O)COC(=O)CCC(=O)OCc1ccc(C(CN)C(=O)Nc2ccc3cnccc3c2)cc1. The number of aliphatic hydroxyl groups is 2. The fourth-order valence-corrected chi connectivity index (χ4v) is 10.5. The Kier molecular flexibility index (Phi) is 11.0. The van der Waals surface area contributed by atoms with Gasteiger partial charge in [0.2, 0.25) is 11.7 Å². The lowest BCUT2D eigenvalue weighted by Gasteiger charge is -2.62. The Morgan fingerprint density at radius 1 is 1.02 bits per heavy atom. The van der Waals surface area contributed by atoms with E-state index in [1.165, 1.54) is 12.2 Å². The van der Waals surface area contributed by atoms with Gasteiger partial charge in [-0.15, -0.1) is 0 Å². The van der Waals surface area contributed by atoms with Gasteiger partial charge in [-0.05, 0) is 91.3 Å². The van der Waals surface area contributed by atoms with E-state index in [1.54, 1.807) is 69.6 Å². The minimum atomic E-state index is -2.11. The average molecular weight is 796 g/mol. The molecule has 0 aliphatic heterocycles. The van der Waals surface area contributed by atoms with Crippen LogP contribution >= 0.6 is 0 Å². The zero-order chi connectivity index (χ0) is 41.6. The number of carbonyl (C=O) groups excluding carboxylic acids is 5. The van der Waals surface area contributed by atoms with Crippen molar-refractivity contribution in [3.63, 3.8) is 0 Å². The molecule has 0 spiro atoms. The van der Waals surface area contributed by atoms with Crippen molar-refractivity contribution in [2.45, 2.75) is 89.2 Å². The molecule has 0 saturated heterocycles. The van der Waals surface area contributed by atoms with Gasteiger partial charge in [0.15, 0.2) is 18.1 Å². The van der Waals surface area contributed by atoms with Crippen LogP contribution in [0.5, 0.6) is 0 Å². The summed E-state index contributed by atoms with van der Waals surface area (Å²) in [5, 5.41) is 28.5. The lowest BCUT2D eigenvalue weighted by molar-refractivity contribution is -0.220. The second-order valence-corrected chi connectivity index (χ2v) is 16.9. The molecule has 9 atom stereocenters. The van der Waals surface area contributed by atoms with Crippen molar-refractivity contribution in [1.82, 2.24) is 4.98 Å². The number of ketones is 2. The summed E-state index contributed by atoms with van der Waals surface area (Å²) in [5.74, 6) is -5.11. The molecule has 5 N–H and O–H groups in total. The van der Waals surface area contributed by atoms with E-state index in [-0.39, 0.29) is 44.1 Å². The Balaban J connectivity index is 0.890. The number of hydrogen-bond acceptors (Lipinski definition) is 11. The van der Waals surface area contributed by atoms with E-state index in [0.29, 0.717) is 41.6 Å². The summed E-state index contributed by atoms with van der Waals surface area (Å²) in [6.45, 7) is 4.37. The number of nitrogens with two attached hydrogens (primary N) is 1. The van der Waals surface area contributed by atoms with Crippen molar-refractivity contribution in [2.75, 3.05) is 18.5 Å². The summed E-state index contributed by atoms with van der Waals surface area (Å²) in [6.07, 6.45) is 6.51. The van der Waals surface area contributed by atoms with Crippen molar-refractivity contribution in [3.05, 3.63) is 95.9 Å². The van der Waals surface area contributed by atoms with E-state index in [1.807, 2.05) is 18.2 Å². The maximum absolute atomic E-state index is 17.4. The number of nitrogens with zero attached hydrogens (tertiary/aromatic N) is 1. The van der Waals surface area contributed by atoms with Gasteiger partial charge in [-0.3, -0.25) is 29.0 Å². The summed E-state index contributed by atoms with van der Waals surface area (Å²) >= 11 is 0. The normalized spacial score (nSPS) is 31.6. The number of Topliss-reactive ketones (excluding diaryl/α,β-unsaturated/α-hetero) is 1. The molecule has 0 radical (unpaired) electrons. The zero-order valence-electron chi connectivity index (χ0n) is 32.9. The number of ether oxygens (including phenoxy) is 2. The third-order valence-corrected chi connectivity index (χ3v) is 13.8. The van der Waals surface area contributed by atoms with Crippen LogP contribution in [0, 0.1) is 28.6 Å². The first-order valence-corrected chi connectivity index (χ1v) is 19.9. The molecule has 13 heteroatoms. The van der Waals surface area contributed by atoms with Gasteiger partial charge in [0.1, 0.15) is 12.2 Å². The van der Waals surface area contributed by atoms with Crippen LogP contribution in [0.3, 0.4) is 0 Å². The number of esters is 2. The predicted molar refractivity (Wildman–Crippen MR) is 211 cm³/mol. The van der Waals surface area contributed by atoms with Gasteiger partial charge in [0.25, 0.3) is 0 Å². The van der Waals surface area contributed by atoms with Gasteiger partial charge in [-0.2, -0.15) is 0 Å². The van der Waals surface area contributed by atoms with Gasteiger partial charge >= 0.3 is 11.9 Å². The molecule has 4 aliphatic carbocycles. The highest BCUT2D eigenvalue weighted by molar-refractivity contribution is 6.01. The minimum Gasteiger partial charge on any atom is -0.461 e. The summed E-state index contributed by atoms with van der Waals surface area (Å²) in [6, 6.07) is 14.3. The molecule has 1 amide bonds. The van der Waals surface area contributed by atoms with Crippen molar-refractivity contribution in [2.24, 2.45) is 34.3 Å². The van der Waals surface area contributed by atoms with E-state index >= 15 is 4.39 Å². The lowest BCUT2D eigenvalue weighted by atomic mass is 9.44. The fourth-order valence-electron chi connectivity index (χ4n) is 10.5. The number of aromatic nitrogens is 1. The first-order chi connectivity index (χ1) is 27.5. The Morgan fingerprint density at radius 3 is 2.47 bits per heavy atom. The molecule has 58 heavy (non-hydrogen) atoms. The standard InChI is InChI=1S/C45H50FN3O9/c1-26-18-36-35-11-9-31-20-33(50)14-16-42(31,2)44(35,46)37(51)21-43(36,3)45(26,56)38(52)25-58-40(54)13-12-39(53)57-24-27-4-6-28(7-5-27)34(22-47)41(55)49-32-10-8-30-23-48-17-15-29(30)19-32/h4-8,10,14-17,19-20,23,26,34-37,51,56H,9,11-13,18,21-22,24-25,47H2,1-3H3,(H,49,55)/t26-,34?,35+,36+,37+,42+,43+,44+,45+/m1/s1. The van der Waals surface area contributed by atoms with Crippen LogP contribution < -0.4 is 11.1 Å². The minimum absolute atomic E-state index is 0.0714. The number of halogens is 1. The van der Waals surface area contributed by atoms with Crippen LogP contribution in [0.25, 0.3) is 10.8 Å². The number of anilines is 1. The number of amides is 1. The van der Waals surface area contributed by atoms with Gasteiger partial charge in [0.05, 0.1) is 24.9 Å². The second-order valence-electron chi connectivity index (χ2n) is 16.9. The largest absolute Gasteiger partial charge is 0.461 e. The molecule has 7 rings (SSSR count). The van der Waals surface area contributed by atoms with Gasteiger partial charge < -0.3 is 30.7 Å². The number of carbonyl (C=O) groups is 5. The van der Waals surface area contributed by atoms with Crippen LogP contribution in [0.1, 0.15) is 76.3 Å². The molecule has 1 aromatic heterocycles. The third-order valence-electron chi connectivity index (χ3n) is 13.8. The third kappa shape index (κ3) is 6.86. The van der Waals surface area contributed by atoms with E-state index in [0.717, 1.165) is 10.8 Å². The van der Waals surface area contributed by atoms with Crippen LogP contribution in [-0.4, -0.2) is 75.1 Å². The van der Waals surface area contributed by atoms with Crippen LogP contribution in [0.15, 0.2) is 84.7 Å². The molecule has 12 nitrogen and oxygen atoms in total. The number of rotatable bonds is 12. The number of pyridine rings is 1. The maximum Gasteiger partial charge on any atom is 0.306 e. The van der Waals surface area contributed by atoms with Gasteiger partial charge in [-0.25, -0.2) is 4.39 Å². The molecule has 1 heterocycles. The van der Waals surface area contributed by atoms with Crippen molar-refractivity contribution in [1.29, 1.82) is 0 Å².